The maximum atomic E-state index is 14.5. The van der Waals surface area contributed by atoms with Crippen molar-refractivity contribution in [1.82, 2.24) is 4.57 Å². The molecule has 0 fully saturated rings. The van der Waals surface area contributed by atoms with Gasteiger partial charge in [0.25, 0.3) is 5.91 Å². The van der Waals surface area contributed by atoms with E-state index in [9.17, 15) is 14.0 Å². The van der Waals surface area contributed by atoms with Gasteiger partial charge in [-0.3, -0.25) is 9.69 Å². The van der Waals surface area contributed by atoms with Crippen molar-refractivity contribution in [2.24, 2.45) is 0 Å². The van der Waals surface area contributed by atoms with Crippen molar-refractivity contribution in [1.29, 1.82) is 0 Å². The van der Waals surface area contributed by atoms with Crippen molar-refractivity contribution in [2.75, 3.05) is 12.0 Å². The number of carbonyl (C=O) groups is 2. The summed E-state index contributed by atoms with van der Waals surface area (Å²) in [7, 11) is 1.28. The minimum atomic E-state index is -0.605. The topological polar surface area (TPSA) is 51.5 Å². The number of allylic oxidation sites excluding steroid dienone is 1. The zero-order valence-electron chi connectivity index (χ0n) is 18.6. The van der Waals surface area contributed by atoms with Gasteiger partial charge in [-0.25, -0.2) is 9.18 Å². The summed E-state index contributed by atoms with van der Waals surface area (Å²) in [5.74, 6) is -1.31. The van der Waals surface area contributed by atoms with Crippen LogP contribution in [0.25, 0.3) is 11.8 Å². The van der Waals surface area contributed by atoms with Crippen molar-refractivity contribution in [3.05, 3.63) is 99.2 Å². The van der Waals surface area contributed by atoms with Gasteiger partial charge in [-0.1, -0.05) is 23.7 Å². The van der Waals surface area contributed by atoms with Crippen molar-refractivity contribution in [2.45, 2.75) is 20.8 Å². The highest BCUT2D eigenvalue weighted by molar-refractivity contribution is 6.30. The first-order valence-corrected chi connectivity index (χ1v) is 10.7. The highest BCUT2D eigenvalue weighted by atomic mass is 35.5. The summed E-state index contributed by atoms with van der Waals surface area (Å²) in [5, 5.41) is 0.538. The molecule has 0 N–H and O–H groups in total. The first-order valence-electron chi connectivity index (χ1n) is 10.3. The first-order chi connectivity index (χ1) is 15.7. The summed E-state index contributed by atoms with van der Waals surface area (Å²) < 4.78 is 21.2. The Bertz CT molecular complexity index is 1340. The zero-order valence-corrected chi connectivity index (χ0v) is 19.4. The third-order valence-electron chi connectivity index (χ3n) is 5.74. The lowest BCUT2D eigenvalue weighted by Crippen LogP contribution is -2.24. The Morgan fingerprint density at radius 1 is 1.06 bits per heavy atom. The van der Waals surface area contributed by atoms with Gasteiger partial charge in [0.15, 0.2) is 0 Å². The van der Waals surface area contributed by atoms with Crippen LogP contribution in [0.1, 0.15) is 23.9 Å². The summed E-state index contributed by atoms with van der Waals surface area (Å²) in [6.45, 7) is 5.40. The number of benzene rings is 2. The van der Waals surface area contributed by atoms with E-state index in [2.05, 4.69) is 0 Å². The van der Waals surface area contributed by atoms with E-state index < -0.39 is 5.97 Å². The van der Waals surface area contributed by atoms with Gasteiger partial charge in [-0.05, 0) is 74.9 Å². The van der Waals surface area contributed by atoms with Crippen LogP contribution in [0.15, 0.2) is 71.4 Å². The fourth-order valence-corrected chi connectivity index (χ4v) is 4.30. The van der Waals surface area contributed by atoms with E-state index in [-0.39, 0.29) is 22.9 Å². The molecule has 0 aliphatic carbocycles. The van der Waals surface area contributed by atoms with Crippen molar-refractivity contribution < 1.29 is 18.7 Å². The molecule has 2 heterocycles. The second-order valence-electron chi connectivity index (χ2n) is 7.74. The fourth-order valence-electron chi connectivity index (χ4n) is 4.17. The molecule has 0 saturated heterocycles. The summed E-state index contributed by atoms with van der Waals surface area (Å²) in [6.07, 6.45) is 1.66. The molecule has 0 saturated carbocycles. The van der Waals surface area contributed by atoms with Crippen LogP contribution in [0.4, 0.5) is 10.1 Å². The van der Waals surface area contributed by atoms with Gasteiger partial charge >= 0.3 is 5.97 Å². The Hall–Kier alpha value is -3.64. The van der Waals surface area contributed by atoms with Crippen molar-refractivity contribution >= 4 is 35.2 Å². The van der Waals surface area contributed by atoms with E-state index in [0.717, 1.165) is 11.4 Å². The predicted octanol–water partition coefficient (Wildman–Crippen LogP) is 5.76. The number of hydrogen-bond donors (Lipinski definition) is 0. The minimum Gasteiger partial charge on any atom is -0.465 e. The van der Waals surface area contributed by atoms with E-state index >= 15 is 0 Å². The number of nitrogens with zero attached hydrogens (tertiary/aromatic N) is 2. The van der Waals surface area contributed by atoms with Crippen molar-refractivity contribution in [3.8, 4) is 5.69 Å². The molecule has 1 amide bonds. The van der Waals surface area contributed by atoms with Gasteiger partial charge in [0.1, 0.15) is 5.82 Å². The number of methoxy groups -OCH3 is 1. The third-order valence-corrected chi connectivity index (χ3v) is 5.99. The summed E-state index contributed by atoms with van der Waals surface area (Å²) >= 11 is 5.99. The number of hydrogen-bond acceptors (Lipinski definition) is 3. The van der Waals surface area contributed by atoms with Gasteiger partial charge in [0.05, 0.1) is 23.9 Å². The van der Waals surface area contributed by atoms with Crippen LogP contribution >= 0.6 is 11.6 Å². The number of para-hydroxylation sites is 1. The van der Waals surface area contributed by atoms with Crippen molar-refractivity contribution in [3.63, 3.8) is 0 Å². The molecule has 2 aromatic carbocycles. The summed E-state index contributed by atoms with van der Waals surface area (Å²) in [5.41, 5.74) is 4.10. The van der Waals surface area contributed by atoms with Gasteiger partial charge in [0, 0.05) is 27.8 Å². The van der Waals surface area contributed by atoms with Crippen LogP contribution in [0, 0.1) is 19.7 Å². The average molecular weight is 465 g/mol. The Morgan fingerprint density at radius 2 is 1.73 bits per heavy atom. The molecule has 0 spiro atoms. The number of aromatic nitrogens is 1. The Kier molecular flexibility index (Phi) is 5.95. The minimum absolute atomic E-state index is 0.188. The number of ether oxygens (including phenoxy) is 1. The van der Waals surface area contributed by atoms with Crippen LogP contribution in [-0.2, 0) is 14.3 Å². The van der Waals surface area contributed by atoms with Crippen LogP contribution in [0.5, 0.6) is 0 Å². The smallest absolute Gasteiger partial charge is 0.340 e. The molecule has 0 bridgehead atoms. The Labute approximate surface area is 196 Å². The van der Waals surface area contributed by atoms with Crippen LogP contribution in [0.2, 0.25) is 5.02 Å². The van der Waals surface area contributed by atoms with Gasteiger partial charge < -0.3 is 9.30 Å². The molecule has 3 aromatic rings. The molecule has 1 aromatic heterocycles. The molecule has 1 aliphatic rings. The number of anilines is 1. The SMILES string of the molecule is COC(=O)C1=C(C)N(c2ccc(Cl)cc2)C(=O)/C1=C\c1cc(C)n(-c2ccccc2F)c1C. The molecule has 168 valence electrons. The second-order valence-corrected chi connectivity index (χ2v) is 8.18. The molecule has 7 heteroatoms. The highest BCUT2D eigenvalue weighted by Crippen LogP contribution is 2.36. The third kappa shape index (κ3) is 3.87. The Balaban J connectivity index is 1.86. The lowest BCUT2D eigenvalue weighted by molar-refractivity contribution is -0.136. The number of carbonyl (C=O) groups excluding carboxylic acids is 2. The van der Waals surface area contributed by atoms with Gasteiger partial charge in [0.2, 0.25) is 0 Å². The number of halogens is 2. The number of aryl methyl sites for hydroxylation is 1. The van der Waals surface area contributed by atoms with Gasteiger partial charge in [-0.2, -0.15) is 0 Å². The zero-order chi connectivity index (χ0) is 23.9. The van der Waals surface area contributed by atoms with E-state index in [4.69, 9.17) is 16.3 Å². The number of rotatable bonds is 4. The number of esters is 1. The van der Waals surface area contributed by atoms with E-state index in [0.29, 0.717) is 27.7 Å². The molecule has 0 unspecified atom stereocenters. The maximum Gasteiger partial charge on any atom is 0.340 e. The van der Waals surface area contributed by atoms with Crippen LogP contribution in [0.3, 0.4) is 0 Å². The molecule has 1 aliphatic heterocycles. The van der Waals surface area contributed by atoms with E-state index in [1.165, 1.54) is 18.1 Å². The lowest BCUT2D eigenvalue weighted by atomic mass is 10.0. The fraction of sp³-hybridized carbons (Fsp3) is 0.154. The Morgan fingerprint density at radius 3 is 2.36 bits per heavy atom. The molecular weight excluding hydrogens is 443 g/mol. The lowest BCUT2D eigenvalue weighted by Gasteiger charge is -2.17. The molecule has 5 nitrogen and oxygen atoms in total. The normalized spacial score (nSPS) is 15.0. The second kappa shape index (κ2) is 8.71. The van der Waals surface area contributed by atoms with E-state index in [1.54, 1.807) is 60.0 Å². The first kappa shape index (κ1) is 22.6. The molecule has 0 atom stereocenters. The van der Waals surface area contributed by atoms with Gasteiger partial charge in [-0.15, -0.1) is 0 Å². The predicted molar refractivity (Wildman–Crippen MR) is 127 cm³/mol. The maximum absolute atomic E-state index is 14.5. The largest absolute Gasteiger partial charge is 0.465 e. The molecule has 4 rings (SSSR count). The monoisotopic (exact) mass is 464 g/mol. The van der Waals surface area contributed by atoms with E-state index in [1.807, 2.05) is 19.9 Å². The van der Waals surface area contributed by atoms with Crippen LogP contribution in [-0.4, -0.2) is 23.6 Å². The molecule has 0 radical (unpaired) electrons. The quantitative estimate of drug-likeness (QED) is 0.364. The summed E-state index contributed by atoms with van der Waals surface area (Å²) in [4.78, 5) is 27.6. The number of amides is 1. The standard InChI is InChI=1S/C26H22ClFN2O3/c1-15-13-18(16(2)29(15)23-8-6-5-7-22(23)28)14-21-24(26(32)33-4)17(3)30(25(21)31)20-11-9-19(27)10-12-20/h5-14H,1-4H3/b21-14-. The highest BCUT2D eigenvalue weighted by Gasteiger charge is 2.38. The van der Waals surface area contributed by atoms with Crippen LogP contribution < -0.4 is 4.90 Å². The molecule has 33 heavy (non-hydrogen) atoms. The summed E-state index contributed by atoms with van der Waals surface area (Å²) in [6, 6.07) is 15.1. The molecular formula is C26H22ClFN2O3. The average Bonchev–Trinajstić information content (AvgIpc) is 3.20.